The summed E-state index contributed by atoms with van der Waals surface area (Å²) in [5.74, 6) is -0.988. The Bertz CT molecular complexity index is 1320. The number of aromatic carboxylic acids is 1. The highest BCUT2D eigenvalue weighted by Gasteiger charge is 2.15. The number of halogens is 1. The molecule has 1 heterocycles. The zero-order valence-electron chi connectivity index (χ0n) is 17.8. The Kier molecular flexibility index (Phi) is 7.51. The van der Waals surface area contributed by atoms with E-state index in [0.717, 1.165) is 11.1 Å². The van der Waals surface area contributed by atoms with Gasteiger partial charge in [-0.05, 0) is 18.2 Å². The molecule has 0 fully saturated rings. The largest absolute Gasteiger partial charge is 0.478 e. The van der Waals surface area contributed by atoms with Crippen molar-refractivity contribution in [1.82, 2.24) is 15.2 Å². The van der Waals surface area contributed by atoms with E-state index in [1.165, 1.54) is 30.0 Å². The van der Waals surface area contributed by atoms with Crippen LogP contribution in [0.2, 0.25) is 5.02 Å². The molecule has 4 rings (SSSR count). The van der Waals surface area contributed by atoms with Gasteiger partial charge in [-0.2, -0.15) is 0 Å². The lowest BCUT2D eigenvalue weighted by atomic mass is 10.0. The molecule has 34 heavy (non-hydrogen) atoms. The molecule has 0 spiro atoms. The lowest BCUT2D eigenvalue weighted by Crippen LogP contribution is -2.13. The van der Waals surface area contributed by atoms with Crippen LogP contribution in [0.4, 0.5) is 5.69 Å². The van der Waals surface area contributed by atoms with Crippen LogP contribution in [0.5, 0.6) is 0 Å². The number of nitrogens with one attached hydrogen (secondary N) is 1. The van der Waals surface area contributed by atoms with Gasteiger partial charge in [0.2, 0.25) is 11.1 Å². The molecular weight excluding hydrogens is 472 g/mol. The van der Waals surface area contributed by atoms with Crippen molar-refractivity contribution < 1.29 is 14.7 Å². The van der Waals surface area contributed by atoms with E-state index in [-0.39, 0.29) is 28.6 Å². The number of carbonyl (C=O) groups excluding carboxylic acids is 1. The number of carbonyl (C=O) groups is 2. The number of thioether (sulfide) groups is 1. The maximum atomic E-state index is 12.4. The first-order valence-corrected chi connectivity index (χ1v) is 11.7. The highest BCUT2D eigenvalue weighted by atomic mass is 35.5. The highest BCUT2D eigenvalue weighted by molar-refractivity contribution is 7.99. The van der Waals surface area contributed by atoms with Gasteiger partial charge in [-0.15, -0.1) is 10.2 Å². The summed E-state index contributed by atoms with van der Waals surface area (Å²) < 4.78 is 0. The zero-order valence-corrected chi connectivity index (χ0v) is 19.4. The lowest BCUT2D eigenvalue weighted by molar-refractivity contribution is -0.115. The first-order chi connectivity index (χ1) is 16.5. The van der Waals surface area contributed by atoms with Crippen molar-refractivity contribution in [2.45, 2.75) is 11.6 Å². The second-order valence-corrected chi connectivity index (χ2v) is 8.64. The maximum Gasteiger partial charge on any atom is 0.335 e. The van der Waals surface area contributed by atoms with Gasteiger partial charge in [-0.1, -0.05) is 84.0 Å². The van der Waals surface area contributed by atoms with Crippen LogP contribution in [0.25, 0.3) is 22.5 Å². The Morgan fingerprint density at radius 3 is 2.18 bits per heavy atom. The van der Waals surface area contributed by atoms with E-state index in [1.807, 2.05) is 60.7 Å². The van der Waals surface area contributed by atoms with Crippen molar-refractivity contribution in [1.29, 1.82) is 0 Å². The molecule has 0 aliphatic rings. The third kappa shape index (κ3) is 5.78. The molecule has 3 aromatic carbocycles. The number of amides is 1. The van der Waals surface area contributed by atoms with Crippen molar-refractivity contribution in [2.75, 3.05) is 11.1 Å². The molecule has 0 saturated heterocycles. The maximum absolute atomic E-state index is 12.4. The molecule has 170 valence electrons. The SMILES string of the molecule is O=C(CCSc1nnc(-c2ccccc2)c(-c2ccccc2)n1)Nc1cc(C(=O)O)ccc1Cl. The van der Waals surface area contributed by atoms with Gasteiger partial charge >= 0.3 is 5.97 Å². The molecule has 0 saturated carbocycles. The molecule has 4 aromatic rings. The number of carboxylic acids is 1. The fraction of sp³-hybridized carbons (Fsp3) is 0.0800. The molecule has 2 N–H and O–H groups in total. The van der Waals surface area contributed by atoms with E-state index in [0.29, 0.717) is 22.3 Å². The summed E-state index contributed by atoms with van der Waals surface area (Å²) in [5, 5.41) is 21.2. The second-order valence-electron chi connectivity index (χ2n) is 7.17. The van der Waals surface area contributed by atoms with Crippen molar-refractivity contribution in [3.63, 3.8) is 0 Å². The van der Waals surface area contributed by atoms with E-state index in [2.05, 4.69) is 15.5 Å². The number of aromatic nitrogens is 3. The van der Waals surface area contributed by atoms with E-state index in [4.69, 9.17) is 21.7 Å². The normalized spacial score (nSPS) is 10.6. The number of rotatable bonds is 8. The van der Waals surface area contributed by atoms with Crippen LogP contribution in [0.1, 0.15) is 16.8 Å². The quantitative estimate of drug-likeness (QED) is 0.306. The van der Waals surface area contributed by atoms with E-state index >= 15 is 0 Å². The fourth-order valence-corrected chi connectivity index (χ4v) is 4.05. The van der Waals surface area contributed by atoms with Crippen LogP contribution >= 0.6 is 23.4 Å². The third-order valence-electron chi connectivity index (χ3n) is 4.81. The minimum atomic E-state index is -1.10. The summed E-state index contributed by atoms with van der Waals surface area (Å²) in [4.78, 5) is 28.2. The van der Waals surface area contributed by atoms with Gasteiger partial charge in [0.05, 0.1) is 16.3 Å². The van der Waals surface area contributed by atoms with Gasteiger partial charge in [0.1, 0.15) is 11.4 Å². The Morgan fingerprint density at radius 2 is 1.53 bits per heavy atom. The molecule has 7 nitrogen and oxygen atoms in total. The number of carboxylic acid groups (broad SMARTS) is 1. The fourth-order valence-electron chi connectivity index (χ4n) is 3.16. The van der Waals surface area contributed by atoms with Crippen LogP contribution in [0.15, 0.2) is 84.0 Å². The lowest BCUT2D eigenvalue weighted by Gasteiger charge is -2.10. The third-order valence-corrected chi connectivity index (χ3v) is 5.98. The molecule has 0 bridgehead atoms. The predicted molar refractivity (Wildman–Crippen MR) is 133 cm³/mol. The molecule has 1 aromatic heterocycles. The average Bonchev–Trinajstić information content (AvgIpc) is 2.86. The minimum absolute atomic E-state index is 0.0421. The van der Waals surface area contributed by atoms with Gasteiger partial charge in [0, 0.05) is 23.3 Å². The summed E-state index contributed by atoms with van der Waals surface area (Å²) >= 11 is 7.39. The Hall–Kier alpha value is -3.75. The molecule has 0 aliphatic carbocycles. The van der Waals surface area contributed by atoms with Gasteiger partial charge in [0.15, 0.2) is 0 Å². The monoisotopic (exact) mass is 490 g/mol. The number of hydrogen-bond acceptors (Lipinski definition) is 6. The minimum Gasteiger partial charge on any atom is -0.478 e. The summed E-state index contributed by atoms with van der Waals surface area (Å²) in [6, 6.07) is 23.6. The van der Waals surface area contributed by atoms with Crippen LogP contribution in [0.3, 0.4) is 0 Å². The Balaban J connectivity index is 1.46. The van der Waals surface area contributed by atoms with E-state index < -0.39 is 5.97 Å². The zero-order chi connectivity index (χ0) is 23.9. The van der Waals surface area contributed by atoms with Crippen LogP contribution in [0, 0.1) is 0 Å². The standard InChI is InChI=1S/C25H19ClN4O3S/c26-19-12-11-18(24(32)33)15-20(19)27-21(31)13-14-34-25-28-22(16-7-3-1-4-8-16)23(29-30-25)17-9-5-2-6-10-17/h1-12,15H,13-14H2,(H,27,31)(H,32,33). The molecule has 0 unspecified atom stereocenters. The van der Waals surface area contributed by atoms with E-state index in [9.17, 15) is 9.59 Å². The van der Waals surface area contributed by atoms with Gasteiger partial charge in [-0.25, -0.2) is 9.78 Å². The van der Waals surface area contributed by atoms with Crippen molar-refractivity contribution in [3.8, 4) is 22.5 Å². The second kappa shape index (κ2) is 10.9. The molecule has 9 heteroatoms. The summed E-state index contributed by atoms with van der Waals surface area (Å²) in [7, 11) is 0. The summed E-state index contributed by atoms with van der Waals surface area (Å²) in [5.41, 5.74) is 3.53. The Morgan fingerprint density at radius 1 is 0.882 bits per heavy atom. The molecule has 0 atom stereocenters. The molecule has 1 amide bonds. The number of nitrogens with zero attached hydrogens (tertiary/aromatic N) is 3. The number of benzene rings is 3. The van der Waals surface area contributed by atoms with Gasteiger partial charge < -0.3 is 10.4 Å². The smallest absolute Gasteiger partial charge is 0.335 e. The van der Waals surface area contributed by atoms with Crippen molar-refractivity contribution >= 4 is 40.9 Å². The first-order valence-electron chi connectivity index (χ1n) is 10.3. The molecule has 0 aliphatic heterocycles. The summed E-state index contributed by atoms with van der Waals surface area (Å²) in [6.45, 7) is 0. The predicted octanol–water partition coefficient (Wildman–Crippen LogP) is 5.68. The number of hydrogen-bond donors (Lipinski definition) is 2. The van der Waals surface area contributed by atoms with Crippen LogP contribution in [-0.4, -0.2) is 37.9 Å². The number of anilines is 1. The van der Waals surface area contributed by atoms with Crippen molar-refractivity contribution in [2.24, 2.45) is 0 Å². The van der Waals surface area contributed by atoms with Crippen LogP contribution < -0.4 is 5.32 Å². The molecular formula is C25H19ClN4O3S. The molecule has 0 radical (unpaired) electrons. The Labute approximate surface area is 205 Å². The van der Waals surface area contributed by atoms with Gasteiger partial charge in [0.25, 0.3) is 0 Å². The topological polar surface area (TPSA) is 105 Å². The van der Waals surface area contributed by atoms with Crippen LogP contribution in [-0.2, 0) is 4.79 Å². The van der Waals surface area contributed by atoms with Gasteiger partial charge in [-0.3, -0.25) is 4.79 Å². The first kappa shape index (κ1) is 23.4. The average molecular weight is 491 g/mol. The van der Waals surface area contributed by atoms with E-state index in [1.54, 1.807) is 0 Å². The van der Waals surface area contributed by atoms with Crippen molar-refractivity contribution in [3.05, 3.63) is 89.4 Å². The summed E-state index contributed by atoms with van der Waals surface area (Å²) in [6.07, 6.45) is 0.156. The highest BCUT2D eigenvalue weighted by Crippen LogP contribution is 2.30.